The van der Waals surface area contributed by atoms with E-state index in [1.165, 1.54) is 0 Å². The second kappa shape index (κ2) is 4.04. The van der Waals surface area contributed by atoms with Gasteiger partial charge in [-0.25, -0.2) is 0 Å². The van der Waals surface area contributed by atoms with Crippen LogP contribution in [-0.2, 0) is 0 Å². The lowest BCUT2D eigenvalue weighted by Crippen LogP contribution is -2.32. The van der Waals surface area contributed by atoms with E-state index < -0.39 is 0 Å². The molecule has 0 bridgehead atoms. The molecule has 1 saturated carbocycles. The summed E-state index contributed by atoms with van der Waals surface area (Å²) >= 11 is 0. The molecule has 0 spiro atoms. The summed E-state index contributed by atoms with van der Waals surface area (Å²) in [7, 11) is 0. The van der Waals surface area contributed by atoms with E-state index in [1.54, 1.807) is 6.07 Å². The molecule has 2 rings (SSSR count). The van der Waals surface area contributed by atoms with E-state index in [0.29, 0.717) is 11.6 Å². The first-order chi connectivity index (χ1) is 7.20. The van der Waals surface area contributed by atoms with E-state index in [9.17, 15) is 4.79 Å². The highest BCUT2D eigenvalue weighted by Gasteiger charge is 2.28. The van der Waals surface area contributed by atoms with Gasteiger partial charge in [-0.2, -0.15) is 0 Å². The van der Waals surface area contributed by atoms with Crippen molar-refractivity contribution in [2.24, 2.45) is 0 Å². The lowest BCUT2D eigenvalue weighted by atomic mass is 10.2. The SMILES string of the molecule is CC[C@@H](C)NC(=O)c1cc(C2CC2)on1. The second-order valence-corrected chi connectivity index (χ2v) is 4.17. The fourth-order valence-corrected chi connectivity index (χ4v) is 1.36. The van der Waals surface area contributed by atoms with Crippen molar-refractivity contribution in [1.82, 2.24) is 10.5 Å². The number of carbonyl (C=O) groups is 1. The number of amides is 1. The average molecular weight is 208 g/mol. The molecular formula is C11H16N2O2. The van der Waals surface area contributed by atoms with Crippen molar-refractivity contribution in [3.8, 4) is 0 Å². The Morgan fingerprint density at radius 1 is 1.73 bits per heavy atom. The van der Waals surface area contributed by atoms with E-state index in [4.69, 9.17) is 4.52 Å². The topological polar surface area (TPSA) is 55.1 Å². The minimum Gasteiger partial charge on any atom is -0.360 e. The van der Waals surface area contributed by atoms with E-state index in [1.807, 2.05) is 13.8 Å². The Hall–Kier alpha value is -1.32. The first-order valence-electron chi connectivity index (χ1n) is 5.48. The lowest BCUT2D eigenvalue weighted by Gasteiger charge is -2.08. The van der Waals surface area contributed by atoms with E-state index in [-0.39, 0.29) is 11.9 Å². The molecule has 1 aromatic heterocycles. The van der Waals surface area contributed by atoms with Crippen LogP contribution in [0.1, 0.15) is 55.3 Å². The maximum Gasteiger partial charge on any atom is 0.273 e. The van der Waals surface area contributed by atoms with Gasteiger partial charge in [-0.3, -0.25) is 4.79 Å². The van der Waals surface area contributed by atoms with Crippen LogP contribution in [0, 0.1) is 0 Å². The largest absolute Gasteiger partial charge is 0.360 e. The monoisotopic (exact) mass is 208 g/mol. The van der Waals surface area contributed by atoms with Crippen LogP contribution >= 0.6 is 0 Å². The van der Waals surface area contributed by atoms with Crippen molar-refractivity contribution in [3.63, 3.8) is 0 Å². The van der Waals surface area contributed by atoms with Gasteiger partial charge < -0.3 is 9.84 Å². The Labute approximate surface area is 89.0 Å². The predicted molar refractivity (Wildman–Crippen MR) is 55.7 cm³/mol. The first-order valence-corrected chi connectivity index (χ1v) is 5.48. The van der Waals surface area contributed by atoms with Gasteiger partial charge in [0.15, 0.2) is 5.69 Å². The van der Waals surface area contributed by atoms with Gasteiger partial charge >= 0.3 is 0 Å². The van der Waals surface area contributed by atoms with Crippen LogP contribution in [0.25, 0.3) is 0 Å². The standard InChI is InChI=1S/C11H16N2O2/c1-3-7(2)12-11(14)9-6-10(15-13-9)8-4-5-8/h6-8H,3-5H2,1-2H3,(H,12,14)/t7-/m1/s1. The summed E-state index contributed by atoms with van der Waals surface area (Å²) in [5.74, 6) is 1.21. The number of aromatic nitrogens is 1. The first kappa shape index (κ1) is 10.2. The number of hydrogen-bond acceptors (Lipinski definition) is 3. The third kappa shape index (κ3) is 2.37. The zero-order valence-corrected chi connectivity index (χ0v) is 9.12. The molecule has 1 aromatic rings. The summed E-state index contributed by atoms with van der Waals surface area (Å²) in [5.41, 5.74) is 0.400. The summed E-state index contributed by atoms with van der Waals surface area (Å²) in [6.07, 6.45) is 3.22. The van der Waals surface area contributed by atoms with Crippen LogP contribution in [0.3, 0.4) is 0 Å². The van der Waals surface area contributed by atoms with Gasteiger partial charge in [-0.15, -0.1) is 0 Å². The van der Waals surface area contributed by atoms with Gasteiger partial charge in [-0.05, 0) is 26.2 Å². The quantitative estimate of drug-likeness (QED) is 0.824. The van der Waals surface area contributed by atoms with Crippen LogP contribution in [0.15, 0.2) is 10.6 Å². The Morgan fingerprint density at radius 2 is 2.47 bits per heavy atom. The second-order valence-electron chi connectivity index (χ2n) is 4.17. The lowest BCUT2D eigenvalue weighted by molar-refractivity contribution is 0.0930. The third-order valence-electron chi connectivity index (χ3n) is 2.73. The van der Waals surface area contributed by atoms with Gasteiger partial charge in [0.25, 0.3) is 5.91 Å². The molecule has 1 aliphatic rings. The minimum absolute atomic E-state index is 0.139. The van der Waals surface area contributed by atoms with Crippen molar-refractivity contribution < 1.29 is 9.32 Å². The fourth-order valence-electron chi connectivity index (χ4n) is 1.36. The molecule has 82 valence electrons. The molecule has 0 unspecified atom stereocenters. The van der Waals surface area contributed by atoms with Crippen molar-refractivity contribution in [3.05, 3.63) is 17.5 Å². The normalized spacial score (nSPS) is 17.5. The van der Waals surface area contributed by atoms with Gasteiger partial charge in [-0.1, -0.05) is 12.1 Å². The van der Waals surface area contributed by atoms with Gasteiger partial charge in [0.05, 0.1) is 0 Å². The average Bonchev–Trinajstić information content (AvgIpc) is 2.96. The summed E-state index contributed by atoms with van der Waals surface area (Å²) in [4.78, 5) is 11.6. The molecule has 1 amide bonds. The zero-order chi connectivity index (χ0) is 10.8. The Balaban J connectivity index is 1.98. The third-order valence-corrected chi connectivity index (χ3v) is 2.73. The number of nitrogens with zero attached hydrogens (tertiary/aromatic N) is 1. The van der Waals surface area contributed by atoms with Crippen LogP contribution in [0.5, 0.6) is 0 Å². The Bertz CT molecular complexity index is 355. The van der Waals surface area contributed by atoms with Gasteiger partial charge in [0, 0.05) is 18.0 Å². The molecule has 0 aromatic carbocycles. The van der Waals surface area contributed by atoms with Crippen LogP contribution in [0.4, 0.5) is 0 Å². The summed E-state index contributed by atoms with van der Waals surface area (Å²) in [6.45, 7) is 4.00. The Morgan fingerprint density at radius 3 is 3.07 bits per heavy atom. The maximum absolute atomic E-state index is 11.6. The molecular weight excluding hydrogens is 192 g/mol. The number of rotatable bonds is 4. The highest BCUT2D eigenvalue weighted by atomic mass is 16.5. The van der Waals surface area contributed by atoms with Crippen molar-refractivity contribution in [2.45, 2.75) is 45.1 Å². The van der Waals surface area contributed by atoms with E-state index >= 15 is 0 Å². The molecule has 15 heavy (non-hydrogen) atoms. The summed E-state index contributed by atoms with van der Waals surface area (Å²) in [5, 5.41) is 6.63. The molecule has 1 heterocycles. The molecule has 1 aliphatic carbocycles. The molecule has 0 saturated heterocycles. The number of carbonyl (C=O) groups excluding carboxylic acids is 1. The molecule has 0 radical (unpaired) electrons. The highest BCUT2D eigenvalue weighted by molar-refractivity contribution is 5.92. The molecule has 1 N–H and O–H groups in total. The molecule has 0 aliphatic heterocycles. The summed E-state index contributed by atoms with van der Waals surface area (Å²) in [6, 6.07) is 1.94. The predicted octanol–water partition coefficient (Wildman–Crippen LogP) is 2.08. The molecule has 1 fully saturated rings. The Kier molecular flexibility index (Phi) is 2.75. The molecule has 4 nitrogen and oxygen atoms in total. The van der Waals surface area contributed by atoms with Gasteiger partial charge in [0.1, 0.15) is 5.76 Å². The van der Waals surface area contributed by atoms with Crippen LogP contribution in [0.2, 0.25) is 0 Å². The maximum atomic E-state index is 11.6. The van der Waals surface area contributed by atoms with E-state index in [0.717, 1.165) is 25.0 Å². The number of nitrogens with one attached hydrogen (secondary N) is 1. The molecule has 1 atom stereocenters. The number of hydrogen-bond donors (Lipinski definition) is 1. The van der Waals surface area contributed by atoms with Crippen LogP contribution in [-0.4, -0.2) is 17.1 Å². The minimum atomic E-state index is -0.139. The summed E-state index contributed by atoms with van der Waals surface area (Å²) < 4.78 is 5.11. The van der Waals surface area contributed by atoms with Crippen LogP contribution < -0.4 is 5.32 Å². The zero-order valence-electron chi connectivity index (χ0n) is 9.12. The van der Waals surface area contributed by atoms with E-state index in [2.05, 4.69) is 10.5 Å². The fraction of sp³-hybridized carbons (Fsp3) is 0.636. The highest BCUT2D eigenvalue weighted by Crippen LogP contribution is 2.40. The van der Waals surface area contributed by atoms with Crippen molar-refractivity contribution in [2.75, 3.05) is 0 Å². The smallest absolute Gasteiger partial charge is 0.273 e. The molecule has 4 heteroatoms. The van der Waals surface area contributed by atoms with Crippen molar-refractivity contribution in [1.29, 1.82) is 0 Å². The van der Waals surface area contributed by atoms with Gasteiger partial charge in [0.2, 0.25) is 0 Å². The van der Waals surface area contributed by atoms with Crippen molar-refractivity contribution >= 4 is 5.91 Å².